The lowest BCUT2D eigenvalue weighted by Gasteiger charge is -2.42. The number of benzene rings is 5. The molecule has 260 valence electrons. The van der Waals surface area contributed by atoms with Crippen molar-refractivity contribution >= 4 is 11.0 Å². The van der Waals surface area contributed by atoms with Gasteiger partial charge in [-0.15, -0.1) is 0 Å². The van der Waals surface area contributed by atoms with Gasteiger partial charge in [-0.25, -0.2) is 4.98 Å². The second-order valence-corrected chi connectivity index (χ2v) is 16.8. The summed E-state index contributed by atoms with van der Waals surface area (Å²) >= 11 is 0. The number of pyridine rings is 1. The number of aromatic nitrogens is 3. The van der Waals surface area contributed by atoms with Crippen LogP contribution in [0.5, 0.6) is 5.75 Å². The van der Waals surface area contributed by atoms with Crippen LogP contribution in [0.4, 0.5) is 0 Å². The quantitative estimate of drug-likeness (QED) is 0.197. The number of fused-ring (bicyclic) bond motifs is 2. The van der Waals surface area contributed by atoms with Crippen LogP contribution in [-0.4, -0.2) is 19.6 Å². The normalized spacial score (nSPS) is 15.1. The maximum atomic E-state index is 11.8. The van der Waals surface area contributed by atoms with Crippen molar-refractivity contribution in [1.29, 1.82) is 0 Å². The molecule has 5 aromatic carbocycles. The fraction of sp³-hybridized carbons (Fsp3) is 0.250. The summed E-state index contributed by atoms with van der Waals surface area (Å²) in [4.78, 5) is 10.3. The zero-order valence-corrected chi connectivity index (χ0v) is 31.3. The van der Waals surface area contributed by atoms with Crippen LogP contribution < -0.4 is 0 Å². The van der Waals surface area contributed by atoms with Crippen molar-refractivity contribution < 1.29 is 5.11 Å². The first-order valence-electron chi connectivity index (χ1n) is 18.4. The van der Waals surface area contributed by atoms with Crippen molar-refractivity contribution in [3.63, 3.8) is 0 Å². The Labute approximate surface area is 307 Å². The first-order chi connectivity index (χ1) is 24.8. The highest BCUT2D eigenvalue weighted by molar-refractivity contribution is 5.97. The minimum atomic E-state index is -0.0975. The van der Waals surface area contributed by atoms with Gasteiger partial charge in [0.1, 0.15) is 11.6 Å². The number of para-hydroxylation sites is 2. The molecule has 1 N–H and O–H groups in total. The highest BCUT2D eigenvalue weighted by atomic mass is 16.3. The molecular formula is C48H47N3O. The van der Waals surface area contributed by atoms with Gasteiger partial charge in [-0.05, 0) is 117 Å². The molecule has 0 unspecified atom stereocenters. The van der Waals surface area contributed by atoms with E-state index in [2.05, 4.69) is 156 Å². The van der Waals surface area contributed by atoms with Crippen molar-refractivity contribution in [2.75, 3.05) is 0 Å². The molecule has 4 nitrogen and oxygen atoms in total. The molecule has 0 radical (unpaired) electrons. The Morgan fingerprint density at radius 3 is 1.96 bits per heavy atom. The van der Waals surface area contributed by atoms with Gasteiger partial charge >= 0.3 is 0 Å². The number of phenolic OH excluding ortho intramolecular Hbond substituents is 1. The molecule has 0 amide bonds. The standard InChI is InChI=1S/C48H47N3O/c1-46(2,3)35-26-33(25-34(27-35)41-28-32(21-24-49-41)31-15-10-8-11-16-31)37-19-14-20-42-44(37)50-45(51(42)36-17-12-9-13-18-36)38-29-39-40(30-43(38)52)48(6,7)23-22-47(39,4)5/h8-21,24-30,52H,22-23H2,1-7H3. The van der Waals surface area contributed by atoms with Crippen LogP contribution in [0.25, 0.3) is 61.6 Å². The summed E-state index contributed by atoms with van der Waals surface area (Å²) < 4.78 is 2.21. The third kappa shape index (κ3) is 5.90. The topological polar surface area (TPSA) is 50.9 Å². The van der Waals surface area contributed by atoms with E-state index in [0.29, 0.717) is 0 Å². The summed E-state index contributed by atoms with van der Waals surface area (Å²) in [7, 11) is 0. The van der Waals surface area contributed by atoms with Crippen LogP contribution in [0.2, 0.25) is 0 Å². The van der Waals surface area contributed by atoms with Crippen molar-refractivity contribution in [2.45, 2.75) is 77.6 Å². The average molecular weight is 682 g/mol. The van der Waals surface area contributed by atoms with Gasteiger partial charge in [0, 0.05) is 23.0 Å². The molecule has 1 aliphatic carbocycles. The Hall–Kier alpha value is -5.48. The average Bonchev–Trinajstić information content (AvgIpc) is 3.53. The predicted molar refractivity (Wildman–Crippen MR) is 216 cm³/mol. The molecule has 0 spiro atoms. The molecule has 0 bridgehead atoms. The lowest BCUT2D eigenvalue weighted by atomic mass is 9.63. The maximum absolute atomic E-state index is 11.8. The second kappa shape index (κ2) is 12.3. The molecule has 8 rings (SSSR count). The van der Waals surface area contributed by atoms with Gasteiger partial charge in [-0.3, -0.25) is 9.55 Å². The monoisotopic (exact) mass is 681 g/mol. The maximum Gasteiger partial charge on any atom is 0.149 e. The van der Waals surface area contributed by atoms with E-state index in [9.17, 15) is 5.11 Å². The Bertz CT molecular complexity index is 2450. The van der Waals surface area contributed by atoms with E-state index in [0.717, 1.165) is 68.9 Å². The molecule has 2 heterocycles. The van der Waals surface area contributed by atoms with Gasteiger partial charge in [0.05, 0.1) is 22.3 Å². The third-order valence-corrected chi connectivity index (χ3v) is 11.2. The third-order valence-electron chi connectivity index (χ3n) is 11.2. The highest BCUT2D eigenvalue weighted by Gasteiger charge is 2.38. The van der Waals surface area contributed by atoms with Gasteiger partial charge in [0.25, 0.3) is 0 Å². The summed E-state index contributed by atoms with van der Waals surface area (Å²) in [6.07, 6.45) is 4.08. The van der Waals surface area contributed by atoms with Crippen LogP contribution in [0.1, 0.15) is 78.0 Å². The minimum absolute atomic E-state index is 0.0150. The number of hydrogen-bond donors (Lipinski definition) is 1. The number of imidazole rings is 1. The van der Waals surface area contributed by atoms with Gasteiger partial charge in [-0.1, -0.05) is 115 Å². The fourth-order valence-electron chi connectivity index (χ4n) is 7.90. The van der Waals surface area contributed by atoms with Crippen LogP contribution in [0.15, 0.2) is 128 Å². The molecule has 4 heteroatoms. The summed E-state index contributed by atoms with van der Waals surface area (Å²) in [6.45, 7) is 16.0. The molecule has 0 fully saturated rings. The summed E-state index contributed by atoms with van der Waals surface area (Å²) in [6, 6.07) is 42.6. The number of aromatic hydroxyl groups is 1. The Morgan fingerprint density at radius 1 is 0.615 bits per heavy atom. The smallest absolute Gasteiger partial charge is 0.149 e. The van der Waals surface area contributed by atoms with E-state index in [1.165, 1.54) is 22.3 Å². The molecule has 1 aliphatic rings. The van der Waals surface area contributed by atoms with Crippen molar-refractivity contribution in [2.24, 2.45) is 0 Å². The Morgan fingerprint density at radius 2 is 1.27 bits per heavy atom. The SMILES string of the molecule is CC(C)(C)c1cc(-c2cc(-c3ccccc3)ccn2)cc(-c2cccc3c2nc(-c2cc4c(cc2O)C(C)(C)CCC4(C)C)n3-c2ccccc2)c1. The van der Waals surface area contributed by atoms with Gasteiger partial charge in [-0.2, -0.15) is 0 Å². The zero-order valence-electron chi connectivity index (χ0n) is 31.3. The lowest BCUT2D eigenvalue weighted by Crippen LogP contribution is -2.33. The number of rotatable bonds is 5. The van der Waals surface area contributed by atoms with E-state index >= 15 is 0 Å². The minimum Gasteiger partial charge on any atom is -0.507 e. The van der Waals surface area contributed by atoms with Crippen molar-refractivity contribution in [3.8, 4) is 56.3 Å². The summed E-state index contributed by atoms with van der Waals surface area (Å²) in [5.41, 5.74) is 13.7. The second-order valence-electron chi connectivity index (χ2n) is 16.8. The molecule has 0 aliphatic heterocycles. The number of nitrogens with zero attached hydrogens (tertiary/aromatic N) is 3. The molecule has 0 saturated heterocycles. The van der Waals surface area contributed by atoms with E-state index < -0.39 is 0 Å². The number of hydrogen-bond acceptors (Lipinski definition) is 3. The molecule has 2 aromatic heterocycles. The van der Waals surface area contributed by atoms with Gasteiger partial charge in [0.2, 0.25) is 0 Å². The molecule has 0 saturated carbocycles. The van der Waals surface area contributed by atoms with Gasteiger partial charge < -0.3 is 5.11 Å². The molecular weight excluding hydrogens is 635 g/mol. The molecule has 7 aromatic rings. The first kappa shape index (κ1) is 33.7. The van der Waals surface area contributed by atoms with E-state index in [1.54, 1.807) is 0 Å². The zero-order chi connectivity index (χ0) is 36.4. The fourth-order valence-corrected chi connectivity index (χ4v) is 7.90. The summed E-state index contributed by atoms with van der Waals surface area (Å²) in [5.74, 6) is 0.998. The van der Waals surface area contributed by atoms with E-state index in [1.807, 2.05) is 24.4 Å². The van der Waals surface area contributed by atoms with Crippen LogP contribution in [0, 0.1) is 0 Å². The predicted octanol–water partition coefficient (Wildman–Crippen LogP) is 12.4. The van der Waals surface area contributed by atoms with E-state index in [-0.39, 0.29) is 22.0 Å². The number of phenols is 1. The Kier molecular flexibility index (Phi) is 7.98. The molecule has 0 atom stereocenters. The molecule has 52 heavy (non-hydrogen) atoms. The van der Waals surface area contributed by atoms with Crippen LogP contribution in [0.3, 0.4) is 0 Å². The lowest BCUT2D eigenvalue weighted by molar-refractivity contribution is 0.330. The highest BCUT2D eigenvalue weighted by Crippen LogP contribution is 2.49. The first-order valence-corrected chi connectivity index (χ1v) is 18.4. The van der Waals surface area contributed by atoms with Crippen LogP contribution >= 0.6 is 0 Å². The van der Waals surface area contributed by atoms with Crippen LogP contribution in [-0.2, 0) is 16.2 Å². The van der Waals surface area contributed by atoms with Crippen molar-refractivity contribution in [3.05, 3.63) is 144 Å². The largest absolute Gasteiger partial charge is 0.507 e. The Balaban J connectivity index is 1.37. The van der Waals surface area contributed by atoms with Gasteiger partial charge in [0.15, 0.2) is 0 Å². The van der Waals surface area contributed by atoms with Crippen molar-refractivity contribution in [1.82, 2.24) is 14.5 Å². The van der Waals surface area contributed by atoms with E-state index in [4.69, 9.17) is 9.97 Å². The summed E-state index contributed by atoms with van der Waals surface area (Å²) in [5, 5.41) is 11.8.